The van der Waals surface area contributed by atoms with Crippen molar-refractivity contribution in [3.8, 4) is 0 Å². The minimum atomic E-state index is 0.254. The third kappa shape index (κ3) is 4.65. The summed E-state index contributed by atoms with van der Waals surface area (Å²) in [6.07, 6.45) is 5.53. The van der Waals surface area contributed by atoms with Gasteiger partial charge in [0.1, 0.15) is 0 Å². The van der Waals surface area contributed by atoms with Gasteiger partial charge in [-0.15, -0.1) is 0 Å². The van der Waals surface area contributed by atoms with Gasteiger partial charge in [0.25, 0.3) is 0 Å². The van der Waals surface area contributed by atoms with E-state index in [2.05, 4.69) is 57.3 Å². The minimum Gasteiger partial charge on any atom is -0.310 e. The van der Waals surface area contributed by atoms with E-state index in [-0.39, 0.29) is 5.41 Å². The molecule has 1 nitrogen and oxygen atoms in total. The molecule has 1 N–H and O–H groups in total. The molecule has 0 radical (unpaired) electrons. The molecule has 0 aromatic heterocycles. The van der Waals surface area contributed by atoms with Crippen molar-refractivity contribution in [3.63, 3.8) is 0 Å². The maximum atomic E-state index is 3.72. The quantitative estimate of drug-likeness (QED) is 0.784. The molecule has 0 amide bonds. The summed E-state index contributed by atoms with van der Waals surface area (Å²) in [6, 6.07) is 9.81. The first-order valence-electron chi connectivity index (χ1n) is 7.82. The van der Waals surface area contributed by atoms with Crippen LogP contribution in [0.15, 0.2) is 24.3 Å². The molecule has 1 unspecified atom stereocenters. The second kappa shape index (κ2) is 6.09. The number of hydrogen-bond acceptors (Lipinski definition) is 1. The maximum Gasteiger partial charge on any atom is 0.0208 e. The number of rotatable bonds is 6. The van der Waals surface area contributed by atoms with Crippen LogP contribution in [-0.2, 0) is 12.0 Å². The largest absolute Gasteiger partial charge is 0.310 e. The normalized spacial score (nSPS) is 17.5. The Morgan fingerprint density at radius 3 is 2.26 bits per heavy atom. The fourth-order valence-electron chi connectivity index (χ4n) is 2.54. The van der Waals surface area contributed by atoms with Crippen molar-refractivity contribution in [2.45, 2.75) is 71.4 Å². The highest BCUT2D eigenvalue weighted by Gasteiger charge is 2.24. The molecule has 0 spiro atoms. The zero-order valence-electron chi connectivity index (χ0n) is 13.0. The molecule has 2 rings (SSSR count). The van der Waals surface area contributed by atoms with Gasteiger partial charge < -0.3 is 5.32 Å². The van der Waals surface area contributed by atoms with Crippen molar-refractivity contribution in [2.24, 2.45) is 5.92 Å². The van der Waals surface area contributed by atoms with Crippen molar-refractivity contribution in [1.82, 2.24) is 5.32 Å². The lowest BCUT2D eigenvalue weighted by Gasteiger charge is -2.20. The van der Waals surface area contributed by atoms with Crippen molar-refractivity contribution < 1.29 is 0 Å². The Bertz CT molecular complexity index is 381. The zero-order chi connectivity index (χ0) is 13.9. The van der Waals surface area contributed by atoms with E-state index in [0.29, 0.717) is 6.04 Å². The molecule has 1 aromatic carbocycles. The van der Waals surface area contributed by atoms with Gasteiger partial charge in [0, 0.05) is 12.6 Å². The van der Waals surface area contributed by atoms with E-state index >= 15 is 0 Å². The molecule has 1 aromatic rings. The van der Waals surface area contributed by atoms with Crippen LogP contribution < -0.4 is 5.32 Å². The Hall–Kier alpha value is -0.820. The van der Waals surface area contributed by atoms with E-state index in [1.807, 2.05) is 0 Å². The van der Waals surface area contributed by atoms with Gasteiger partial charge in [-0.3, -0.25) is 0 Å². The lowest BCUT2D eigenvalue weighted by atomic mass is 9.87. The fourth-order valence-corrected chi connectivity index (χ4v) is 2.54. The highest BCUT2D eigenvalue weighted by Crippen LogP contribution is 2.34. The summed E-state index contributed by atoms with van der Waals surface area (Å²) in [4.78, 5) is 0. The summed E-state index contributed by atoms with van der Waals surface area (Å²) in [6.45, 7) is 10.1. The molecule has 106 valence electrons. The average Bonchev–Trinajstić information content (AvgIpc) is 3.18. The second-order valence-corrected chi connectivity index (χ2v) is 7.11. The third-order valence-corrected chi connectivity index (χ3v) is 4.22. The summed E-state index contributed by atoms with van der Waals surface area (Å²) < 4.78 is 0. The standard InChI is InChI=1S/C18H29N/c1-5-17(12-14-6-7-14)19-13-15-8-10-16(11-9-15)18(2,3)4/h8-11,14,17,19H,5-7,12-13H2,1-4H3. The number of nitrogens with one attached hydrogen (secondary N) is 1. The van der Waals surface area contributed by atoms with E-state index in [1.165, 1.54) is 36.8 Å². The maximum absolute atomic E-state index is 3.72. The lowest BCUT2D eigenvalue weighted by Crippen LogP contribution is -2.28. The SMILES string of the molecule is CCC(CC1CC1)NCc1ccc(C(C)(C)C)cc1. The Labute approximate surface area is 118 Å². The highest BCUT2D eigenvalue weighted by atomic mass is 14.9. The van der Waals surface area contributed by atoms with Crippen LogP contribution in [-0.4, -0.2) is 6.04 Å². The van der Waals surface area contributed by atoms with Gasteiger partial charge in [0.05, 0.1) is 0 Å². The van der Waals surface area contributed by atoms with Gasteiger partial charge >= 0.3 is 0 Å². The van der Waals surface area contributed by atoms with Crippen LogP contribution in [0.3, 0.4) is 0 Å². The van der Waals surface area contributed by atoms with Gasteiger partial charge in [-0.05, 0) is 35.3 Å². The predicted octanol–water partition coefficient (Wildman–Crippen LogP) is 4.65. The molecule has 0 bridgehead atoms. The molecule has 0 heterocycles. The number of hydrogen-bond donors (Lipinski definition) is 1. The van der Waals surface area contributed by atoms with Gasteiger partial charge in [0.2, 0.25) is 0 Å². The van der Waals surface area contributed by atoms with Crippen molar-refractivity contribution >= 4 is 0 Å². The van der Waals surface area contributed by atoms with Crippen LogP contribution in [0.2, 0.25) is 0 Å². The monoisotopic (exact) mass is 259 g/mol. The van der Waals surface area contributed by atoms with Crippen LogP contribution in [0.1, 0.15) is 64.5 Å². The molecule has 1 fully saturated rings. The topological polar surface area (TPSA) is 12.0 Å². The first kappa shape index (κ1) is 14.6. The van der Waals surface area contributed by atoms with Crippen molar-refractivity contribution in [3.05, 3.63) is 35.4 Å². The average molecular weight is 259 g/mol. The molecule has 1 aliphatic rings. The Morgan fingerprint density at radius 2 is 1.79 bits per heavy atom. The fraction of sp³-hybridized carbons (Fsp3) is 0.667. The predicted molar refractivity (Wildman–Crippen MR) is 83.4 cm³/mol. The van der Waals surface area contributed by atoms with Crippen molar-refractivity contribution in [2.75, 3.05) is 0 Å². The van der Waals surface area contributed by atoms with E-state index in [1.54, 1.807) is 0 Å². The van der Waals surface area contributed by atoms with Crippen LogP contribution in [0, 0.1) is 5.92 Å². The van der Waals surface area contributed by atoms with Crippen LogP contribution in [0.25, 0.3) is 0 Å². The van der Waals surface area contributed by atoms with Gasteiger partial charge in [-0.1, -0.05) is 64.8 Å². The zero-order valence-corrected chi connectivity index (χ0v) is 13.0. The summed E-state index contributed by atoms with van der Waals surface area (Å²) in [5, 5.41) is 3.72. The lowest BCUT2D eigenvalue weighted by molar-refractivity contribution is 0.445. The number of benzene rings is 1. The highest BCUT2D eigenvalue weighted by molar-refractivity contribution is 5.27. The molecule has 0 aliphatic heterocycles. The molecule has 1 atom stereocenters. The second-order valence-electron chi connectivity index (χ2n) is 7.11. The summed E-state index contributed by atoms with van der Waals surface area (Å²) in [7, 11) is 0. The third-order valence-electron chi connectivity index (χ3n) is 4.22. The van der Waals surface area contributed by atoms with E-state index in [4.69, 9.17) is 0 Å². The summed E-state index contributed by atoms with van der Waals surface area (Å²) in [5.41, 5.74) is 3.08. The summed E-state index contributed by atoms with van der Waals surface area (Å²) in [5.74, 6) is 1.01. The minimum absolute atomic E-state index is 0.254. The van der Waals surface area contributed by atoms with Crippen LogP contribution in [0.4, 0.5) is 0 Å². The molecule has 1 aliphatic carbocycles. The Kier molecular flexibility index (Phi) is 4.67. The van der Waals surface area contributed by atoms with E-state index in [9.17, 15) is 0 Å². The smallest absolute Gasteiger partial charge is 0.0208 e. The molecule has 1 saturated carbocycles. The van der Waals surface area contributed by atoms with Crippen molar-refractivity contribution in [1.29, 1.82) is 0 Å². The van der Waals surface area contributed by atoms with E-state index in [0.717, 1.165) is 12.5 Å². The van der Waals surface area contributed by atoms with Gasteiger partial charge in [-0.2, -0.15) is 0 Å². The first-order chi connectivity index (χ1) is 8.99. The molecular formula is C18H29N. The van der Waals surface area contributed by atoms with Crippen LogP contribution in [0.5, 0.6) is 0 Å². The Balaban J connectivity index is 1.84. The molecular weight excluding hydrogens is 230 g/mol. The summed E-state index contributed by atoms with van der Waals surface area (Å²) >= 11 is 0. The van der Waals surface area contributed by atoms with Gasteiger partial charge in [0.15, 0.2) is 0 Å². The first-order valence-corrected chi connectivity index (χ1v) is 7.82. The molecule has 1 heteroatoms. The van der Waals surface area contributed by atoms with Crippen LogP contribution >= 0.6 is 0 Å². The van der Waals surface area contributed by atoms with E-state index < -0.39 is 0 Å². The molecule has 0 saturated heterocycles. The molecule has 19 heavy (non-hydrogen) atoms. The Morgan fingerprint density at radius 1 is 1.16 bits per heavy atom. The van der Waals surface area contributed by atoms with Gasteiger partial charge in [-0.25, -0.2) is 0 Å².